The highest BCUT2D eigenvalue weighted by Gasteiger charge is 2.03. The van der Waals surface area contributed by atoms with Crippen molar-refractivity contribution >= 4 is 27.5 Å². The molecule has 0 N–H and O–H groups in total. The van der Waals surface area contributed by atoms with Crippen LogP contribution in [0.25, 0.3) is 0 Å². The minimum Gasteiger partial charge on any atom is -0.377 e. The van der Waals surface area contributed by atoms with Crippen molar-refractivity contribution in [3.05, 3.63) is 81.3 Å². The summed E-state index contributed by atoms with van der Waals surface area (Å²) in [6, 6.07) is 14.6. The maximum Gasteiger partial charge on any atom is 0.0644 e. The van der Waals surface area contributed by atoms with Gasteiger partial charge in [0.15, 0.2) is 0 Å². The van der Waals surface area contributed by atoms with Crippen LogP contribution in [0.2, 0.25) is 5.02 Å². The van der Waals surface area contributed by atoms with Gasteiger partial charge >= 0.3 is 0 Å². The van der Waals surface area contributed by atoms with Crippen molar-refractivity contribution in [1.29, 1.82) is 0 Å². The van der Waals surface area contributed by atoms with Gasteiger partial charge in [0.05, 0.1) is 13.2 Å². The Hall–Kier alpha value is -1.09. The van der Waals surface area contributed by atoms with Crippen LogP contribution in [0.4, 0.5) is 0 Å². The molecule has 0 fully saturated rings. The van der Waals surface area contributed by atoms with Gasteiger partial charge in [-0.1, -0.05) is 57.9 Å². The minimum absolute atomic E-state index is 0.611. The summed E-state index contributed by atoms with van der Waals surface area (Å²) in [4.78, 5) is 0. The molecule has 0 atom stereocenters. The van der Waals surface area contributed by atoms with Crippen LogP contribution in [-0.4, -0.2) is 13.2 Å². The molecule has 0 amide bonds. The third-order valence-corrected chi connectivity index (χ3v) is 4.06. The Morgan fingerprint density at radius 2 is 1.81 bits per heavy atom. The predicted octanol–water partition coefficient (Wildman–Crippen LogP) is 5.44. The summed E-state index contributed by atoms with van der Waals surface area (Å²) in [6.45, 7) is 4.97. The highest BCUT2D eigenvalue weighted by molar-refractivity contribution is 9.10. The van der Waals surface area contributed by atoms with Gasteiger partial charge in [-0.05, 0) is 47.7 Å². The predicted molar refractivity (Wildman–Crippen MR) is 93.1 cm³/mol. The van der Waals surface area contributed by atoms with Crippen molar-refractivity contribution in [2.75, 3.05) is 13.2 Å². The quantitative estimate of drug-likeness (QED) is 0.469. The molecule has 2 rings (SSSR count). The van der Waals surface area contributed by atoms with E-state index in [0.29, 0.717) is 6.61 Å². The van der Waals surface area contributed by atoms with Crippen molar-refractivity contribution in [1.82, 2.24) is 0 Å². The van der Waals surface area contributed by atoms with Gasteiger partial charge in [0.1, 0.15) is 0 Å². The van der Waals surface area contributed by atoms with Gasteiger partial charge in [0.25, 0.3) is 0 Å². The summed E-state index contributed by atoms with van der Waals surface area (Å²) in [5.41, 5.74) is 3.67. The fourth-order valence-corrected chi connectivity index (χ4v) is 2.67. The van der Waals surface area contributed by atoms with E-state index in [4.69, 9.17) is 16.3 Å². The number of halogens is 2. The fourth-order valence-electron chi connectivity index (χ4n) is 2.08. The van der Waals surface area contributed by atoms with Crippen molar-refractivity contribution in [3.8, 4) is 0 Å². The minimum atomic E-state index is 0.611. The molecule has 0 aliphatic heterocycles. The summed E-state index contributed by atoms with van der Waals surface area (Å²) in [5.74, 6) is 0. The molecular formula is C18H18BrClO. The van der Waals surface area contributed by atoms with Crippen molar-refractivity contribution < 1.29 is 4.74 Å². The van der Waals surface area contributed by atoms with Crippen molar-refractivity contribution in [3.63, 3.8) is 0 Å². The number of hydrogen-bond donors (Lipinski definition) is 0. The molecule has 0 heterocycles. The zero-order valence-electron chi connectivity index (χ0n) is 11.8. The molecule has 0 saturated carbocycles. The Morgan fingerprint density at radius 1 is 1.10 bits per heavy atom. The summed E-state index contributed by atoms with van der Waals surface area (Å²) < 4.78 is 6.45. The summed E-state index contributed by atoms with van der Waals surface area (Å²) in [6.07, 6.45) is 3.53. The van der Waals surface area contributed by atoms with Crippen LogP contribution in [0.5, 0.6) is 0 Å². The second-order valence-electron chi connectivity index (χ2n) is 4.84. The smallest absolute Gasteiger partial charge is 0.0644 e. The van der Waals surface area contributed by atoms with Crippen LogP contribution in [0.15, 0.2) is 59.6 Å². The van der Waals surface area contributed by atoms with E-state index in [0.717, 1.165) is 34.5 Å². The van der Waals surface area contributed by atoms with E-state index in [1.54, 1.807) is 6.08 Å². The molecule has 0 aromatic heterocycles. The first kappa shape index (κ1) is 16.3. The van der Waals surface area contributed by atoms with Crippen LogP contribution in [-0.2, 0) is 17.6 Å². The molecule has 2 aromatic rings. The van der Waals surface area contributed by atoms with E-state index >= 15 is 0 Å². The highest BCUT2D eigenvalue weighted by atomic mass is 79.9. The number of benzene rings is 2. The normalized spacial score (nSPS) is 10.6. The lowest BCUT2D eigenvalue weighted by molar-refractivity contribution is 0.166. The lowest BCUT2D eigenvalue weighted by Crippen LogP contribution is -1.98. The molecule has 0 aliphatic rings. The maximum absolute atomic E-state index is 6.23. The number of ether oxygens (including phenoxy) is 1. The lowest BCUT2D eigenvalue weighted by atomic mass is 10.0. The second-order valence-corrected chi connectivity index (χ2v) is 6.17. The summed E-state index contributed by atoms with van der Waals surface area (Å²) in [7, 11) is 0. The average Bonchev–Trinajstić information content (AvgIpc) is 2.49. The van der Waals surface area contributed by atoms with Gasteiger partial charge in [-0.3, -0.25) is 0 Å². The largest absolute Gasteiger partial charge is 0.377 e. The van der Waals surface area contributed by atoms with E-state index in [1.807, 2.05) is 12.1 Å². The highest BCUT2D eigenvalue weighted by Crippen LogP contribution is 2.23. The first-order valence-electron chi connectivity index (χ1n) is 6.89. The average molecular weight is 366 g/mol. The second kappa shape index (κ2) is 8.38. The molecule has 110 valence electrons. The molecule has 2 aromatic carbocycles. The van der Waals surface area contributed by atoms with E-state index in [1.165, 1.54) is 11.1 Å². The summed E-state index contributed by atoms with van der Waals surface area (Å²) >= 11 is 9.71. The third-order valence-electron chi connectivity index (χ3n) is 3.20. The van der Waals surface area contributed by atoms with E-state index < -0.39 is 0 Å². The topological polar surface area (TPSA) is 9.23 Å². The molecule has 0 aliphatic carbocycles. The zero-order valence-corrected chi connectivity index (χ0v) is 14.2. The van der Waals surface area contributed by atoms with Gasteiger partial charge < -0.3 is 4.74 Å². The maximum atomic E-state index is 6.23. The van der Waals surface area contributed by atoms with Gasteiger partial charge in [-0.25, -0.2) is 0 Å². The number of hydrogen-bond acceptors (Lipinski definition) is 1. The Kier molecular flexibility index (Phi) is 6.50. The first-order chi connectivity index (χ1) is 10.2. The van der Waals surface area contributed by atoms with Gasteiger partial charge in [-0.2, -0.15) is 0 Å². The SMILES string of the molecule is C=CCOCCc1ccc(Cc2cc(Br)ccc2Cl)cc1. The van der Waals surface area contributed by atoms with Crippen LogP contribution in [0.1, 0.15) is 16.7 Å². The Morgan fingerprint density at radius 3 is 2.52 bits per heavy atom. The van der Waals surface area contributed by atoms with Gasteiger partial charge in [0.2, 0.25) is 0 Å². The van der Waals surface area contributed by atoms with Gasteiger partial charge in [0, 0.05) is 9.50 Å². The van der Waals surface area contributed by atoms with E-state index in [-0.39, 0.29) is 0 Å². The number of rotatable bonds is 7. The molecular weight excluding hydrogens is 348 g/mol. The third kappa shape index (κ3) is 5.31. The molecule has 0 bridgehead atoms. The van der Waals surface area contributed by atoms with Crippen LogP contribution >= 0.6 is 27.5 Å². The van der Waals surface area contributed by atoms with E-state index in [2.05, 4.69) is 52.8 Å². The Bertz CT molecular complexity index is 593. The van der Waals surface area contributed by atoms with Crippen molar-refractivity contribution in [2.45, 2.75) is 12.8 Å². The van der Waals surface area contributed by atoms with Crippen LogP contribution in [0.3, 0.4) is 0 Å². The first-order valence-corrected chi connectivity index (χ1v) is 8.06. The molecule has 21 heavy (non-hydrogen) atoms. The lowest BCUT2D eigenvalue weighted by Gasteiger charge is -2.07. The molecule has 0 radical (unpaired) electrons. The molecule has 0 saturated heterocycles. The molecule has 0 spiro atoms. The molecule has 0 unspecified atom stereocenters. The van der Waals surface area contributed by atoms with E-state index in [9.17, 15) is 0 Å². The molecule has 1 nitrogen and oxygen atoms in total. The fraction of sp³-hybridized carbons (Fsp3) is 0.222. The Labute approximate surface area is 139 Å². The summed E-state index contributed by atoms with van der Waals surface area (Å²) in [5, 5.41) is 0.806. The Balaban J connectivity index is 1.95. The van der Waals surface area contributed by atoms with Crippen molar-refractivity contribution in [2.24, 2.45) is 0 Å². The monoisotopic (exact) mass is 364 g/mol. The zero-order chi connectivity index (χ0) is 15.1. The van der Waals surface area contributed by atoms with Crippen LogP contribution in [0, 0.1) is 0 Å². The van der Waals surface area contributed by atoms with Gasteiger partial charge in [-0.15, -0.1) is 6.58 Å². The standard InChI is InChI=1S/C18H18BrClO/c1-2-10-21-11-9-14-3-5-15(6-4-14)12-16-13-17(19)7-8-18(16)20/h2-8,13H,1,9-12H2. The molecule has 3 heteroatoms. The van der Waals surface area contributed by atoms with Crippen LogP contribution < -0.4 is 0 Å².